The van der Waals surface area contributed by atoms with Crippen LogP contribution in [0.3, 0.4) is 0 Å². The number of rotatable bonds is 1. The average molecular weight is 174 g/mol. The van der Waals surface area contributed by atoms with Crippen LogP contribution in [-0.2, 0) is 0 Å². The number of aromatic nitrogens is 2. The van der Waals surface area contributed by atoms with E-state index in [-0.39, 0.29) is 0 Å². The molecule has 0 saturated carbocycles. The molecule has 0 spiro atoms. The van der Waals surface area contributed by atoms with E-state index < -0.39 is 0 Å². The van der Waals surface area contributed by atoms with E-state index >= 15 is 0 Å². The fraction of sp³-hybridized carbons (Fsp3) is 0.200. The van der Waals surface area contributed by atoms with Crippen molar-refractivity contribution in [2.45, 2.75) is 13.8 Å². The molecule has 66 valence electrons. The van der Waals surface area contributed by atoms with Crippen molar-refractivity contribution < 1.29 is 4.52 Å². The van der Waals surface area contributed by atoms with Crippen LogP contribution in [0.2, 0.25) is 0 Å². The summed E-state index contributed by atoms with van der Waals surface area (Å²) in [7, 11) is 0. The lowest BCUT2D eigenvalue weighted by atomic mass is 10.1. The van der Waals surface area contributed by atoms with E-state index in [1.54, 1.807) is 12.4 Å². The normalized spacial score (nSPS) is 10.3. The minimum Gasteiger partial charge on any atom is -0.356 e. The molecule has 0 radical (unpaired) electrons. The molecule has 0 bridgehead atoms. The highest BCUT2D eigenvalue weighted by Crippen LogP contribution is 2.23. The molecule has 13 heavy (non-hydrogen) atoms. The molecule has 3 heteroatoms. The van der Waals surface area contributed by atoms with Crippen molar-refractivity contribution in [1.82, 2.24) is 10.1 Å². The van der Waals surface area contributed by atoms with Gasteiger partial charge in [0.05, 0.1) is 5.69 Å². The molecular weight excluding hydrogens is 164 g/mol. The first kappa shape index (κ1) is 7.98. The molecule has 2 aromatic heterocycles. The predicted molar refractivity (Wildman–Crippen MR) is 49.2 cm³/mol. The highest BCUT2D eigenvalue weighted by atomic mass is 16.5. The maximum atomic E-state index is 5.19. The minimum absolute atomic E-state index is 0.811. The molecule has 2 aromatic rings. The first-order valence-electron chi connectivity index (χ1n) is 4.12. The second kappa shape index (κ2) is 3.01. The van der Waals surface area contributed by atoms with Gasteiger partial charge in [0.25, 0.3) is 0 Å². The standard InChI is InChI=1S/C10H10N2O/c1-7-8(2)12-13-10(7)9-4-3-5-11-6-9/h3-6H,1-2H3. The summed E-state index contributed by atoms with van der Waals surface area (Å²) in [6.45, 7) is 3.92. The van der Waals surface area contributed by atoms with Gasteiger partial charge in [0.2, 0.25) is 0 Å². The fourth-order valence-corrected chi connectivity index (χ4v) is 1.18. The molecule has 0 aromatic carbocycles. The van der Waals surface area contributed by atoms with Crippen LogP contribution < -0.4 is 0 Å². The summed E-state index contributed by atoms with van der Waals surface area (Å²) >= 11 is 0. The van der Waals surface area contributed by atoms with Gasteiger partial charge in [0, 0.05) is 23.5 Å². The Morgan fingerprint density at radius 1 is 1.31 bits per heavy atom. The molecular formula is C10H10N2O. The van der Waals surface area contributed by atoms with Crippen molar-refractivity contribution >= 4 is 0 Å². The quantitative estimate of drug-likeness (QED) is 0.666. The van der Waals surface area contributed by atoms with Crippen LogP contribution >= 0.6 is 0 Å². The van der Waals surface area contributed by atoms with Crippen molar-refractivity contribution in [3.8, 4) is 11.3 Å². The number of pyridine rings is 1. The monoisotopic (exact) mass is 174 g/mol. The minimum atomic E-state index is 0.811. The van der Waals surface area contributed by atoms with Crippen LogP contribution in [0.4, 0.5) is 0 Å². The van der Waals surface area contributed by atoms with Crippen molar-refractivity contribution in [1.29, 1.82) is 0 Å². The number of aryl methyl sites for hydroxylation is 1. The third-order valence-electron chi connectivity index (χ3n) is 2.08. The predicted octanol–water partition coefficient (Wildman–Crippen LogP) is 2.35. The van der Waals surface area contributed by atoms with Gasteiger partial charge in [-0.15, -0.1) is 0 Å². The van der Waals surface area contributed by atoms with E-state index in [9.17, 15) is 0 Å². The Balaban J connectivity index is 2.53. The van der Waals surface area contributed by atoms with E-state index in [2.05, 4.69) is 10.1 Å². The van der Waals surface area contributed by atoms with Gasteiger partial charge < -0.3 is 4.52 Å². The number of hydrogen-bond donors (Lipinski definition) is 0. The van der Waals surface area contributed by atoms with E-state index in [0.717, 1.165) is 22.6 Å². The third kappa shape index (κ3) is 1.33. The van der Waals surface area contributed by atoms with Crippen LogP contribution in [0.15, 0.2) is 29.0 Å². The van der Waals surface area contributed by atoms with Gasteiger partial charge in [-0.3, -0.25) is 4.98 Å². The fourth-order valence-electron chi connectivity index (χ4n) is 1.18. The van der Waals surface area contributed by atoms with E-state index in [1.807, 2.05) is 26.0 Å². The second-order valence-corrected chi connectivity index (χ2v) is 2.96. The smallest absolute Gasteiger partial charge is 0.171 e. The Morgan fingerprint density at radius 3 is 2.69 bits per heavy atom. The van der Waals surface area contributed by atoms with Gasteiger partial charge >= 0.3 is 0 Å². The molecule has 0 N–H and O–H groups in total. The molecule has 3 nitrogen and oxygen atoms in total. The lowest BCUT2D eigenvalue weighted by Gasteiger charge is -1.94. The summed E-state index contributed by atoms with van der Waals surface area (Å²) in [6, 6.07) is 3.84. The Morgan fingerprint density at radius 2 is 2.15 bits per heavy atom. The Kier molecular flexibility index (Phi) is 1.85. The van der Waals surface area contributed by atoms with E-state index in [4.69, 9.17) is 4.52 Å². The van der Waals surface area contributed by atoms with Gasteiger partial charge in [0.1, 0.15) is 0 Å². The van der Waals surface area contributed by atoms with Crippen LogP contribution in [0, 0.1) is 13.8 Å². The largest absolute Gasteiger partial charge is 0.356 e. The molecule has 0 aliphatic carbocycles. The zero-order valence-electron chi connectivity index (χ0n) is 7.61. The molecule has 2 heterocycles. The molecule has 0 amide bonds. The lowest BCUT2D eigenvalue weighted by molar-refractivity contribution is 0.426. The molecule has 0 unspecified atom stereocenters. The molecule has 0 fully saturated rings. The molecule has 2 rings (SSSR count). The molecule has 0 saturated heterocycles. The second-order valence-electron chi connectivity index (χ2n) is 2.96. The van der Waals surface area contributed by atoms with Crippen LogP contribution in [-0.4, -0.2) is 10.1 Å². The lowest BCUT2D eigenvalue weighted by Crippen LogP contribution is -1.79. The van der Waals surface area contributed by atoms with Crippen molar-refractivity contribution in [3.05, 3.63) is 35.8 Å². The van der Waals surface area contributed by atoms with Crippen LogP contribution in [0.5, 0.6) is 0 Å². The van der Waals surface area contributed by atoms with E-state index in [0.29, 0.717) is 0 Å². The first-order chi connectivity index (χ1) is 6.29. The van der Waals surface area contributed by atoms with Gasteiger partial charge in [-0.2, -0.15) is 0 Å². The Bertz CT molecular complexity index is 406. The summed E-state index contributed by atoms with van der Waals surface area (Å²) in [4.78, 5) is 4.02. The number of hydrogen-bond acceptors (Lipinski definition) is 3. The van der Waals surface area contributed by atoms with Gasteiger partial charge in [-0.05, 0) is 26.0 Å². The summed E-state index contributed by atoms with van der Waals surface area (Å²) in [5, 5.41) is 3.89. The van der Waals surface area contributed by atoms with Crippen molar-refractivity contribution in [2.24, 2.45) is 0 Å². The Hall–Kier alpha value is -1.64. The molecule has 0 aliphatic heterocycles. The van der Waals surface area contributed by atoms with Gasteiger partial charge in [0.15, 0.2) is 5.76 Å². The van der Waals surface area contributed by atoms with Crippen LogP contribution in [0.1, 0.15) is 11.3 Å². The average Bonchev–Trinajstić information content (AvgIpc) is 2.49. The topological polar surface area (TPSA) is 38.9 Å². The number of nitrogens with zero attached hydrogens (tertiary/aromatic N) is 2. The van der Waals surface area contributed by atoms with Crippen molar-refractivity contribution in [3.63, 3.8) is 0 Å². The highest BCUT2D eigenvalue weighted by molar-refractivity contribution is 5.60. The summed E-state index contributed by atoms with van der Waals surface area (Å²) < 4.78 is 5.19. The van der Waals surface area contributed by atoms with Crippen molar-refractivity contribution in [2.75, 3.05) is 0 Å². The zero-order valence-corrected chi connectivity index (χ0v) is 7.61. The van der Waals surface area contributed by atoms with E-state index in [1.165, 1.54) is 0 Å². The van der Waals surface area contributed by atoms with Gasteiger partial charge in [-0.25, -0.2) is 0 Å². The third-order valence-corrected chi connectivity index (χ3v) is 2.08. The maximum Gasteiger partial charge on any atom is 0.171 e. The SMILES string of the molecule is Cc1noc(-c2cccnc2)c1C. The molecule has 0 aliphatic rings. The highest BCUT2D eigenvalue weighted by Gasteiger charge is 2.09. The maximum absolute atomic E-state index is 5.19. The summed E-state index contributed by atoms with van der Waals surface area (Å²) in [5.74, 6) is 0.811. The van der Waals surface area contributed by atoms with Gasteiger partial charge in [-0.1, -0.05) is 5.16 Å². The Labute approximate surface area is 76.4 Å². The summed E-state index contributed by atoms with van der Waals surface area (Å²) in [6.07, 6.45) is 3.51. The molecule has 0 atom stereocenters. The van der Waals surface area contributed by atoms with Crippen LogP contribution in [0.25, 0.3) is 11.3 Å². The summed E-state index contributed by atoms with van der Waals surface area (Å²) in [5.41, 5.74) is 2.98. The first-order valence-corrected chi connectivity index (χ1v) is 4.12. The zero-order chi connectivity index (χ0) is 9.26.